The molecule has 1 amide bonds. The molecular weight excluding hydrogens is 280 g/mol. The van der Waals surface area contributed by atoms with E-state index < -0.39 is 5.97 Å². The molecule has 0 aromatic rings. The van der Waals surface area contributed by atoms with Gasteiger partial charge in [0, 0.05) is 18.0 Å². The van der Waals surface area contributed by atoms with Crippen LogP contribution < -0.4 is 5.32 Å². The van der Waals surface area contributed by atoms with Gasteiger partial charge in [0.2, 0.25) is 5.91 Å². The number of carbonyl (C=O) groups excluding carboxylic acids is 1. The summed E-state index contributed by atoms with van der Waals surface area (Å²) < 4.78 is 0. The van der Waals surface area contributed by atoms with Gasteiger partial charge in [0.05, 0.1) is 6.54 Å². The number of nitrogens with one attached hydrogen (secondary N) is 1. The first-order chi connectivity index (χ1) is 10.5. The van der Waals surface area contributed by atoms with E-state index in [1.54, 1.807) is 0 Å². The molecule has 0 spiro atoms. The average molecular weight is 310 g/mol. The first-order valence-corrected chi connectivity index (χ1v) is 8.79. The minimum Gasteiger partial charge on any atom is -0.480 e. The number of amides is 1. The molecular formula is C17H30N2O3. The van der Waals surface area contributed by atoms with Crippen LogP contribution in [0.3, 0.4) is 0 Å². The third-order valence-electron chi connectivity index (χ3n) is 5.52. The Kier molecular flexibility index (Phi) is 6.24. The number of carbonyl (C=O) groups is 2. The van der Waals surface area contributed by atoms with Crippen LogP contribution in [0.25, 0.3) is 0 Å². The molecule has 0 heterocycles. The fourth-order valence-electron chi connectivity index (χ4n) is 3.83. The summed E-state index contributed by atoms with van der Waals surface area (Å²) >= 11 is 0. The first kappa shape index (κ1) is 17.3. The van der Waals surface area contributed by atoms with Crippen molar-refractivity contribution in [3.63, 3.8) is 0 Å². The van der Waals surface area contributed by atoms with Crippen molar-refractivity contribution in [1.29, 1.82) is 0 Å². The van der Waals surface area contributed by atoms with Gasteiger partial charge in [-0.2, -0.15) is 0 Å². The van der Waals surface area contributed by atoms with E-state index in [0.717, 1.165) is 38.1 Å². The van der Waals surface area contributed by atoms with Crippen molar-refractivity contribution in [2.24, 2.45) is 11.8 Å². The smallest absolute Gasteiger partial charge is 0.317 e. The second-order valence-electron chi connectivity index (χ2n) is 6.91. The van der Waals surface area contributed by atoms with E-state index in [0.29, 0.717) is 6.04 Å². The maximum absolute atomic E-state index is 12.3. The number of carboxylic acids is 1. The Morgan fingerprint density at radius 1 is 1.14 bits per heavy atom. The number of hydrogen-bond acceptors (Lipinski definition) is 3. The molecule has 0 aliphatic heterocycles. The second-order valence-corrected chi connectivity index (χ2v) is 6.91. The van der Waals surface area contributed by atoms with Crippen LogP contribution >= 0.6 is 0 Å². The van der Waals surface area contributed by atoms with Gasteiger partial charge in [0.15, 0.2) is 0 Å². The standard InChI is InChI=1S/C17H30N2O3/c1-3-12-5-7-13(8-6-12)17(22)18-14-9-15(10-14)19(4-2)11-16(20)21/h12-15H,3-11H2,1-2H3,(H,18,22)(H,20,21). The predicted molar refractivity (Wildman–Crippen MR) is 85.6 cm³/mol. The van der Waals surface area contributed by atoms with E-state index in [-0.39, 0.29) is 24.4 Å². The lowest BCUT2D eigenvalue weighted by Crippen LogP contribution is -2.55. The fraction of sp³-hybridized carbons (Fsp3) is 0.882. The van der Waals surface area contributed by atoms with E-state index in [1.165, 1.54) is 19.3 Å². The zero-order chi connectivity index (χ0) is 16.1. The highest BCUT2D eigenvalue weighted by molar-refractivity contribution is 5.79. The monoisotopic (exact) mass is 310 g/mol. The molecule has 5 heteroatoms. The van der Waals surface area contributed by atoms with Gasteiger partial charge in [-0.1, -0.05) is 20.3 Å². The van der Waals surface area contributed by atoms with Gasteiger partial charge in [-0.3, -0.25) is 14.5 Å². The Morgan fingerprint density at radius 3 is 2.27 bits per heavy atom. The number of nitrogens with zero attached hydrogens (tertiary/aromatic N) is 1. The van der Waals surface area contributed by atoms with Gasteiger partial charge in [-0.05, 0) is 51.0 Å². The Bertz CT molecular complexity index is 385. The Hall–Kier alpha value is -1.10. The fourth-order valence-corrected chi connectivity index (χ4v) is 3.83. The number of carboxylic acid groups (broad SMARTS) is 1. The molecule has 2 rings (SSSR count). The van der Waals surface area contributed by atoms with Crippen LogP contribution in [0.1, 0.15) is 58.8 Å². The zero-order valence-corrected chi connectivity index (χ0v) is 13.9. The van der Waals surface area contributed by atoms with E-state index >= 15 is 0 Å². The SMILES string of the molecule is CCC1CCC(C(=O)NC2CC(N(CC)CC(=O)O)C2)CC1. The van der Waals surface area contributed by atoms with Gasteiger partial charge in [-0.15, -0.1) is 0 Å². The molecule has 2 N–H and O–H groups in total. The number of rotatable bonds is 7. The van der Waals surface area contributed by atoms with Gasteiger partial charge < -0.3 is 10.4 Å². The maximum atomic E-state index is 12.3. The van der Waals surface area contributed by atoms with Crippen molar-refractivity contribution in [2.45, 2.75) is 70.9 Å². The molecule has 0 aromatic carbocycles. The summed E-state index contributed by atoms with van der Waals surface area (Å²) in [6.07, 6.45) is 7.43. The molecule has 0 atom stereocenters. The van der Waals surface area contributed by atoms with Crippen LogP contribution in [0.5, 0.6) is 0 Å². The van der Waals surface area contributed by atoms with Crippen molar-refractivity contribution >= 4 is 11.9 Å². The van der Waals surface area contributed by atoms with Crippen molar-refractivity contribution in [3.05, 3.63) is 0 Å². The summed E-state index contributed by atoms with van der Waals surface area (Å²) in [6, 6.07) is 0.548. The summed E-state index contributed by atoms with van der Waals surface area (Å²) in [7, 11) is 0. The Labute approximate surface area is 133 Å². The average Bonchev–Trinajstić information content (AvgIpc) is 2.48. The molecule has 0 saturated heterocycles. The van der Waals surface area contributed by atoms with Crippen LogP contribution in [-0.2, 0) is 9.59 Å². The maximum Gasteiger partial charge on any atom is 0.317 e. The molecule has 5 nitrogen and oxygen atoms in total. The molecule has 22 heavy (non-hydrogen) atoms. The number of aliphatic carboxylic acids is 1. The number of likely N-dealkylation sites (N-methyl/N-ethyl adjacent to an activating group) is 1. The Morgan fingerprint density at radius 2 is 1.77 bits per heavy atom. The molecule has 2 aliphatic rings. The van der Waals surface area contributed by atoms with Crippen LogP contribution in [-0.4, -0.2) is 47.1 Å². The van der Waals surface area contributed by atoms with Gasteiger partial charge in [-0.25, -0.2) is 0 Å². The molecule has 0 aromatic heterocycles. The van der Waals surface area contributed by atoms with Crippen molar-refractivity contribution < 1.29 is 14.7 Å². The van der Waals surface area contributed by atoms with Crippen molar-refractivity contribution in [3.8, 4) is 0 Å². The minimum absolute atomic E-state index is 0.100. The first-order valence-electron chi connectivity index (χ1n) is 8.79. The lowest BCUT2D eigenvalue weighted by Gasteiger charge is -2.42. The van der Waals surface area contributed by atoms with E-state index in [4.69, 9.17) is 5.11 Å². The van der Waals surface area contributed by atoms with E-state index in [1.807, 2.05) is 11.8 Å². The van der Waals surface area contributed by atoms with Crippen LogP contribution in [0.2, 0.25) is 0 Å². The number of hydrogen-bond donors (Lipinski definition) is 2. The third kappa shape index (κ3) is 4.45. The molecule has 2 saturated carbocycles. The predicted octanol–water partition coefficient (Wildman–Crippen LogP) is 2.26. The molecule has 0 radical (unpaired) electrons. The highest BCUT2D eigenvalue weighted by Crippen LogP contribution is 2.32. The van der Waals surface area contributed by atoms with E-state index in [9.17, 15) is 9.59 Å². The zero-order valence-electron chi connectivity index (χ0n) is 13.9. The molecule has 0 bridgehead atoms. The van der Waals surface area contributed by atoms with Crippen LogP contribution in [0, 0.1) is 11.8 Å². The van der Waals surface area contributed by atoms with Gasteiger partial charge >= 0.3 is 5.97 Å². The molecule has 2 fully saturated rings. The topological polar surface area (TPSA) is 69.6 Å². The van der Waals surface area contributed by atoms with Crippen LogP contribution in [0.4, 0.5) is 0 Å². The van der Waals surface area contributed by atoms with Gasteiger partial charge in [0.1, 0.15) is 0 Å². The highest BCUT2D eigenvalue weighted by Gasteiger charge is 2.36. The molecule has 2 aliphatic carbocycles. The quantitative estimate of drug-likeness (QED) is 0.757. The summed E-state index contributed by atoms with van der Waals surface area (Å²) in [5.74, 6) is 0.454. The third-order valence-corrected chi connectivity index (χ3v) is 5.52. The lowest BCUT2D eigenvalue weighted by molar-refractivity contribution is -0.140. The lowest BCUT2D eigenvalue weighted by atomic mass is 9.79. The summed E-state index contributed by atoms with van der Waals surface area (Å²) in [4.78, 5) is 25.1. The second kappa shape index (κ2) is 7.95. The highest BCUT2D eigenvalue weighted by atomic mass is 16.4. The van der Waals surface area contributed by atoms with Crippen molar-refractivity contribution in [2.75, 3.05) is 13.1 Å². The minimum atomic E-state index is -0.776. The largest absolute Gasteiger partial charge is 0.480 e. The van der Waals surface area contributed by atoms with Crippen molar-refractivity contribution in [1.82, 2.24) is 10.2 Å². The summed E-state index contributed by atoms with van der Waals surface area (Å²) in [5.41, 5.74) is 0. The van der Waals surface area contributed by atoms with E-state index in [2.05, 4.69) is 12.2 Å². The van der Waals surface area contributed by atoms with Gasteiger partial charge in [0.25, 0.3) is 0 Å². The molecule has 0 unspecified atom stereocenters. The summed E-state index contributed by atoms with van der Waals surface area (Å²) in [5, 5.41) is 12.1. The molecule has 126 valence electrons. The van der Waals surface area contributed by atoms with Crippen LogP contribution in [0.15, 0.2) is 0 Å². The Balaban J connectivity index is 1.69. The summed E-state index contributed by atoms with van der Waals surface area (Å²) in [6.45, 7) is 5.07. The normalized spacial score (nSPS) is 31.6.